The van der Waals surface area contributed by atoms with Crippen molar-refractivity contribution in [1.29, 1.82) is 0 Å². The highest BCUT2D eigenvalue weighted by Crippen LogP contribution is 2.06. The molecule has 3 heteroatoms. The first-order valence-electron chi connectivity index (χ1n) is 3.07. The van der Waals surface area contributed by atoms with Crippen LogP contribution >= 0.6 is 0 Å². The smallest absolute Gasteiger partial charge is 0.330 e. The maximum atomic E-state index is 10.6. The van der Waals surface area contributed by atoms with Gasteiger partial charge in [0.2, 0.25) is 0 Å². The molecule has 0 aromatic rings. The lowest BCUT2D eigenvalue weighted by molar-refractivity contribution is -0.149. The molecule has 0 aromatic heterocycles. The topological polar surface area (TPSA) is 52.3 Å². The third-order valence-electron chi connectivity index (χ3n) is 1.04. The minimum atomic E-state index is -0.578. The first kappa shape index (κ1) is 9.17. The lowest BCUT2D eigenvalue weighted by Gasteiger charge is -2.21. The number of carbonyl (C=O) groups is 1. The van der Waals surface area contributed by atoms with Crippen LogP contribution in [-0.4, -0.2) is 18.1 Å². The Kier molecular flexibility index (Phi) is 3.09. The fourth-order valence-corrected chi connectivity index (χ4v) is 0.356. The summed E-state index contributed by atoms with van der Waals surface area (Å²) in [6.07, 6.45) is 1.12. The Morgan fingerprint density at radius 1 is 1.80 bits per heavy atom. The summed E-state index contributed by atoms with van der Waals surface area (Å²) >= 11 is 0. The maximum absolute atomic E-state index is 10.6. The van der Waals surface area contributed by atoms with Gasteiger partial charge < -0.3 is 10.5 Å². The number of esters is 1. The molecule has 0 spiro atoms. The largest absolute Gasteiger partial charge is 0.455 e. The Hall–Kier alpha value is -0.830. The normalized spacial score (nSPS) is 10.7. The van der Waals surface area contributed by atoms with Crippen LogP contribution in [-0.2, 0) is 9.53 Å². The minimum absolute atomic E-state index is 0.312. The maximum Gasteiger partial charge on any atom is 0.330 e. The molecule has 0 aliphatic heterocycles. The zero-order valence-electron chi connectivity index (χ0n) is 6.39. The summed E-state index contributed by atoms with van der Waals surface area (Å²) in [4.78, 5) is 10.6. The van der Waals surface area contributed by atoms with Crippen molar-refractivity contribution in [3.63, 3.8) is 0 Å². The van der Waals surface area contributed by atoms with Gasteiger partial charge in [0.05, 0.1) is 0 Å². The molecule has 0 aliphatic carbocycles. The Labute approximate surface area is 60.9 Å². The van der Waals surface area contributed by atoms with Crippen LogP contribution in [0.4, 0.5) is 0 Å². The molecule has 0 rings (SSSR count). The van der Waals surface area contributed by atoms with Gasteiger partial charge in [-0.3, -0.25) is 0 Å². The average Bonchev–Trinajstić information content (AvgIpc) is 1.87. The van der Waals surface area contributed by atoms with Gasteiger partial charge in [0.15, 0.2) is 0 Å². The zero-order valence-corrected chi connectivity index (χ0v) is 6.39. The molecular formula is C7H13NO2. The van der Waals surface area contributed by atoms with Gasteiger partial charge in [0, 0.05) is 12.6 Å². The van der Waals surface area contributed by atoms with Gasteiger partial charge in [-0.05, 0) is 13.8 Å². The summed E-state index contributed by atoms with van der Waals surface area (Å²) < 4.78 is 4.85. The highest BCUT2D eigenvalue weighted by molar-refractivity contribution is 5.81. The minimum Gasteiger partial charge on any atom is -0.455 e. The van der Waals surface area contributed by atoms with E-state index in [1.807, 2.05) is 0 Å². The molecule has 0 radical (unpaired) electrons. The van der Waals surface area contributed by atoms with Crippen molar-refractivity contribution in [3.8, 4) is 0 Å². The van der Waals surface area contributed by atoms with Crippen LogP contribution < -0.4 is 5.73 Å². The predicted octanol–water partition coefficient (Wildman–Crippen LogP) is 0.453. The number of nitrogens with two attached hydrogens (primary N) is 1. The molecule has 0 amide bonds. The quantitative estimate of drug-likeness (QED) is 0.461. The number of ether oxygens (including phenoxy) is 1. The van der Waals surface area contributed by atoms with E-state index in [9.17, 15) is 4.79 Å². The molecule has 0 aliphatic rings. The van der Waals surface area contributed by atoms with Crippen LogP contribution in [0.2, 0.25) is 0 Å². The van der Waals surface area contributed by atoms with E-state index in [4.69, 9.17) is 10.5 Å². The molecule has 2 N–H and O–H groups in total. The first-order valence-corrected chi connectivity index (χ1v) is 3.07. The zero-order chi connectivity index (χ0) is 8.20. The standard InChI is InChI=1S/C7H13NO2/c1-4-6(9)10-7(2,3)5-8/h4H,1,5,8H2,2-3H3. The SMILES string of the molecule is C=CC(=O)OC(C)(C)CN. The summed E-state index contributed by atoms with van der Waals surface area (Å²) in [5.74, 6) is -0.435. The molecule has 0 saturated heterocycles. The van der Waals surface area contributed by atoms with Crippen LogP contribution in [0, 0.1) is 0 Å². The molecule has 0 saturated carbocycles. The van der Waals surface area contributed by atoms with E-state index in [-0.39, 0.29) is 0 Å². The molecule has 3 nitrogen and oxygen atoms in total. The van der Waals surface area contributed by atoms with Gasteiger partial charge in [0.1, 0.15) is 5.60 Å². The molecule has 0 fully saturated rings. The third kappa shape index (κ3) is 3.25. The summed E-state index contributed by atoms with van der Waals surface area (Å²) in [5.41, 5.74) is 4.72. The number of carbonyl (C=O) groups excluding carboxylic acids is 1. The number of hydrogen-bond donors (Lipinski definition) is 1. The van der Waals surface area contributed by atoms with Crippen LogP contribution in [0.25, 0.3) is 0 Å². The highest BCUT2D eigenvalue weighted by atomic mass is 16.6. The Balaban J connectivity index is 3.87. The van der Waals surface area contributed by atoms with E-state index in [2.05, 4.69) is 6.58 Å². The molecule has 10 heavy (non-hydrogen) atoms. The van der Waals surface area contributed by atoms with Crippen LogP contribution in [0.5, 0.6) is 0 Å². The van der Waals surface area contributed by atoms with Crippen LogP contribution in [0.15, 0.2) is 12.7 Å². The lowest BCUT2D eigenvalue weighted by atomic mass is 10.1. The Morgan fingerprint density at radius 2 is 2.30 bits per heavy atom. The molecule has 58 valence electrons. The van der Waals surface area contributed by atoms with Gasteiger partial charge in [-0.2, -0.15) is 0 Å². The fraction of sp³-hybridized carbons (Fsp3) is 0.571. The van der Waals surface area contributed by atoms with E-state index in [0.717, 1.165) is 6.08 Å². The second-order valence-electron chi connectivity index (χ2n) is 2.59. The molecule has 0 unspecified atom stereocenters. The van der Waals surface area contributed by atoms with Crippen molar-refractivity contribution < 1.29 is 9.53 Å². The lowest BCUT2D eigenvalue weighted by Crippen LogP contribution is -2.35. The molecular weight excluding hydrogens is 130 g/mol. The Morgan fingerprint density at radius 3 is 2.60 bits per heavy atom. The van der Waals surface area contributed by atoms with Gasteiger partial charge in [-0.1, -0.05) is 6.58 Å². The van der Waals surface area contributed by atoms with Gasteiger partial charge in [-0.25, -0.2) is 4.79 Å². The summed E-state index contributed by atoms with van der Waals surface area (Å²) in [6.45, 7) is 7.06. The summed E-state index contributed by atoms with van der Waals surface area (Å²) in [5, 5.41) is 0. The van der Waals surface area contributed by atoms with E-state index < -0.39 is 11.6 Å². The monoisotopic (exact) mass is 143 g/mol. The summed E-state index contributed by atoms with van der Waals surface area (Å²) in [6, 6.07) is 0. The number of hydrogen-bond acceptors (Lipinski definition) is 3. The van der Waals surface area contributed by atoms with Gasteiger partial charge in [0.25, 0.3) is 0 Å². The van der Waals surface area contributed by atoms with E-state index >= 15 is 0 Å². The van der Waals surface area contributed by atoms with Gasteiger partial charge in [-0.15, -0.1) is 0 Å². The fourth-order valence-electron chi connectivity index (χ4n) is 0.356. The molecule has 0 aromatic carbocycles. The highest BCUT2D eigenvalue weighted by Gasteiger charge is 2.18. The van der Waals surface area contributed by atoms with Crippen molar-refractivity contribution in [2.24, 2.45) is 5.73 Å². The second kappa shape index (κ2) is 3.37. The van der Waals surface area contributed by atoms with Crippen molar-refractivity contribution in [2.45, 2.75) is 19.4 Å². The Bertz CT molecular complexity index is 141. The van der Waals surface area contributed by atoms with Crippen molar-refractivity contribution >= 4 is 5.97 Å². The van der Waals surface area contributed by atoms with E-state index in [1.165, 1.54) is 0 Å². The van der Waals surface area contributed by atoms with E-state index in [1.54, 1.807) is 13.8 Å². The van der Waals surface area contributed by atoms with Crippen LogP contribution in [0.3, 0.4) is 0 Å². The second-order valence-corrected chi connectivity index (χ2v) is 2.59. The van der Waals surface area contributed by atoms with Crippen LogP contribution in [0.1, 0.15) is 13.8 Å². The van der Waals surface area contributed by atoms with Gasteiger partial charge >= 0.3 is 5.97 Å². The van der Waals surface area contributed by atoms with Crippen molar-refractivity contribution in [3.05, 3.63) is 12.7 Å². The molecule has 0 bridgehead atoms. The van der Waals surface area contributed by atoms with Crippen molar-refractivity contribution in [2.75, 3.05) is 6.54 Å². The number of rotatable bonds is 3. The molecule has 0 atom stereocenters. The summed E-state index contributed by atoms with van der Waals surface area (Å²) in [7, 11) is 0. The van der Waals surface area contributed by atoms with E-state index in [0.29, 0.717) is 6.54 Å². The first-order chi connectivity index (χ1) is 4.52. The predicted molar refractivity (Wildman–Crippen MR) is 39.4 cm³/mol. The third-order valence-corrected chi connectivity index (χ3v) is 1.04. The average molecular weight is 143 g/mol. The van der Waals surface area contributed by atoms with Crippen molar-refractivity contribution in [1.82, 2.24) is 0 Å². The molecule has 0 heterocycles.